The third-order valence-electron chi connectivity index (χ3n) is 2.32. The minimum absolute atomic E-state index is 0.244. The van der Waals surface area contributed by atoms with Gasteiger partial charge < -0.3 is 5.73 Å². The minimum Gasteiger partial charge on any atom is -0.324 e. The monoisotopic (exact) mass is 200 g/mol. The van der Waals surface area contributed by atoms with Gasteiger partial charge in [0, 0.05) is 17.8 Å². The van der Waals surface area contributed by atoms with Gasteiger partial charge in [-0.2, -0.15) is 4.39 Å². The Morgan fingerprint density at radius 3 is 2.92 bits per heavy atom. The second-order valence-corrected chi connectivity index (χ2v) is 3.83. The van der Waals surface area contributed by atoms with Crippen LogP contribution >= 0.6 is 11.6 Å². The predicted molar refractivity (Wildman–Crippen MR) is 48.9 cm³/mol. The summed E-state index contributed by atoms with van der Waals surface area (Å²) in [5.41, 5.74) is 6.27. The molecule has 2 nitrogen and oxygen atoms in total. The van der Waals surface area contributed by atoms with Gasteiger partial charge >= 0.3 is 0 Å². The van der Waals surface area contributed by atoms with E-state index in [1.54, 1.807) is 6.07 Å². The predicted octanol–water partition coefficient (Wildman–Crippen LogP) is 2.28. The van der Waals surface area contributed by atoms with Gasteiger partial charge in [-0.3, -0.25) is 0 Å². The van der Waals surface area contributed by atoms with E-state index in [2.05, 4.69) is 4.98 Å². The number of hydrogen-bond donors (Lipinski definition) is 1. The first-order valence-corrected chi connectivity index (χ1v) is 4.63. The Morgan fingerprint density at radius 1 is 1.62 bits per heavy atom. The van der Waals surface area contributed by atoms with E-state index in [1.165, 1.54) is 6.20 Å². The van der Waals surface area contributed by atoms with Gasteiger partial charge in [-0.05, 0) is 24.8 Å². The van der Waals surface area contributed by atoms with Gasteiger partial charge in [-0.15, -0.1) is 0 Å². The lowest BCUT2D eigenvalue weighted by molar-refractivity contribution is 0.524. The second-order valence-electron chi connectivity index (χ2n) is 3.40. The van der Waals surface area contributed by atoms with Crippen LogP contribution in [0.2, 0.25) is 5.02 Å². The van der Waals surface area contributed by atoms with Crippen molar-refractivity contribution in [1.29, 1.82) is 0 Å². The highest BCUT2D eigenvalue weighted by Gasteiger charge is 2.31. The first-order valence-electron chi connectivity index (χ1n) is 4.25. The molecule has 0 amide bonds. The standard InChI is InChI=1S/C9H10ClFN2/c10-6-3-7(9(11)13-4-6)8(12)5-1-2-5/h3-5,8H,1-2,12H2/t8-/m0/s1. The van der Waals surface area contributed by atoms with E-state index >= 15 is 0 Å². The van der Waals surface area contributed by atoms with Crippen LogP contribution in [-0.2, 0) is 0 Å². The maximum Gasteiger partial charge on any atom is 0.217 e. The molecule has 2 rings (SSSR count). The molecule has 2 N–H and O–H groups in total. The Kier molecular flexibility index (Phi) is 2.22. The summed E-state index contributed by atoms with van der Waals surface area (Å²) in [6, 6.07) is 1.32. The largest absolute Gasteiger partial charge is 0.324 e. The highest BCUT2D eigenvalue weighted by Crippen LogP contribution is 2.40. The molecule has 1 aromatic heterocycles. The van der Waals surface area contributed by atoms with Crippen molar-refractivity contribution in [2.75, 3.05) is 0 Å². The summed E-state index contributed by atoms with van der Waals surface area (Å²) in [5, 5.41) is 0.438. The summed E-state index contributed by atoms with van der Waals surface area (Å²) >= 11 is 5.70. The maximum atomic E-state index is 13.2. The topological polar surface area (TPSA) is 38.9 Å². The molecule has 0 aliphatic heterocycles. The molecule has 13 heavy (non-hydrogen) atoms. The fourth-order valence-electron chi connectivity index (χ4n) is 1.38. The van der Waals surface area contributed by atoms with Crippen LogP contribution in [0.15, 0.2) is 12.3 Å². The number of nitrogens with two attached hydrogens (primary N) is 1. The van der Waals surface area contributed by atoms with Gasteiger partial charge in [0.2, 0.25) is 5.95 Å². The third kappa shape index (κ3) is 1.81. The van der Waals surface area contributed by atoms with Crippen molar-refractivity contribution >= 4 is 11.6 Å². The molecule has 1 fully saturated rings. The summed E-state index contributed by atoms with van der Waals surface area (Å²) in [6.45, 7) is 0. The van der Waals surface area contributed by atoms with Gasteiger partial charge in [0.1, 0.15) is 0 Å². The molecular formula is C9H10ClFN2. The second kappa shape index (κ2) is 3.24. The number of halogens is 2. The average molecular weight is 201 g/mol. The van der Waals surface area contributed by atoms with E-state index in [0.717, 1.165) is 12.8 Å². The molecule has 0 radical (unpaired) electrons. The van der Waals surface area contributed by atoms with Crippen molar-refractivity contribution in [2.24, 2.45) is 11.7 Å². The van der Waals surface area contributed by atoms with E-state index in [1.807, 2.05) is 0 Å². The zero-order chi connectivity index (χ0) is 9.42. The quantitative estimate of drug-likeness (QED) is 0.744. The molecule has 0 spiro atoms. The average Bonchev–Trinajstić information content (AvgIpc) is 2.91. The van der Waals surface area contributed by atoms with Crippen molar-refractivity contribution in [3.8, 4) is 0 Å². The lowest BCUT2D eigenvalue weighted by Gasteiger charge is -2.10. The van der Waals surface area contributed by atoms with Crippen LogP contribution in [0.4, 0.5) is 4.39 Å². The Morgan fingerprint density at radius 2 is 2.31 bits per heavy atom. The Hall–Kier alpha value is -0.670. The van der Waals surface area contributed by atoms with Crippen molar-refractivity contribution in [2.45, 2.75) is 18.9 Å². The van der Waals surface area contributed by atoms with Gasteiger partial charge in [0.25, 0.3) is 0 Å². The van der Waals surface area contributed by atoms with Crippen LogP contribution in [0.25, 0.3) is 0 Å². The molecule has 1 saturated carbocycles. The summed E-state index contributed by atoms with van der Waals surface area (Å²) < 4.78 is 13.2. The Bertz CT molecular complexity index is 325. The lowest BCUT2D eigenvalue weighted by atomic mass is 10.1. The SMILES string of the molecule is N[C@H](c1cc(Cl)cnc1F)C1CC1. The molecule has 1 aliphatic rings. The first-order chi connectivity index (χ1) is 6.18. The van der Waals surface area contributed by atoms with Gasteiger partial charge in [0.05, 0.1) is 5.02 Å². The number of hydrogen-bond acceptors (Lipinski definition) is 2. The van der Waals surface area contributed by atoms with E-state index < -0.39 is 5.95 Å². The van der Waals surface area contributed by atoms with Crippen molar-refractivity contribution in [3.05, 3.63) is 28.8 Å². The molecule has 1 aromatic rings. The number of pyridine rings is 1. The molecule has 0 saturated heterocycles. The van der Waals surface area contributed by atoms with Crippen LogP contribution in [0, 0.1) is 11.9 Å². The molecule has 1 atom stereocenters. The summed E-state index contributed by atoms with van der Waals surface area (Å²) in [5.74, 6) is -0.0847. The summed E-state index contributed by atoms with van der Waals surface area (Å²) in [4.78, 5) is 3.53. The Labute approximate surface area is 80.9 Å². The van der Waals surface area contributed by atoms with Crippen LogP contribution in [0.1, 0.15) is 24.4 Å². The zero-order valence-corrected chi connectivity index (χ0v) is 7.76. The number of rotatable bonds is 2. The molecule has 0 bridgehead atoms. The van der Waals surface area contributed by atoms with Gasteiger partial charge in [-0.1, -0.05) is 11.6 Å². The van der Waals surface area contributed by atoms with E-state index in [4.69, 9.17) is 17.3 Å². The molecule has 1 heterocycles. The van der Waals surface area contributed by atoms with Crippen molar-refractivity contribution in [3.63, 3.8) is 0 Å². The molecule has 4 heteroatoms. The fourth-order valence-corrected chi connectivity index (χ4v) is 1.55. The molecule has 0 unspecified atom stereocenters. The molecule has 70 valence electrons. The smallest absolute Gasteiger partial charge is 0.217 e. The van der Waals surface area contributed by atoms with Crippen LogP contribution in [0.3, 0.4) is 0 Å². The van der Waals surface area contributed by atoms with E-state index in [-0.39, 0.29) is 6.04 Å². The lowest BCUT2D eigenvalue weighted by Crippen LogP contribution is -2.14. The van der Waals surface area contributed by atoms with Crippen LogP contribution in [-0.4, -0.2) is 4.98 Å². The highest BCUT2D eigenvalue weighted by atomic mass is 35.5. The van der Waals surface area contributed by atoms with Gasteiger partial charge in [-0.25, -0.2) is 4.98 Å². The van der Waals surface area contributed by atoms with Gasteiger partial charge in [0.15, 0.2) is 0 Å². The van der Waals surface area contributed by atoms with Crippen LogP contribution in [0.5, 0.6) is 0 Å². The fraction of sp³-hybridized carbons (Fsp3) is 0.444. The Balaban J connectivity index is 2.31. The van der Waals surface area contributed by atoms with Crippen molar-refractivity contribution in [1.82, 2.24) is 4.98 Å². The minimum atomic E-state index is -0.496. The number of aromatic nitrogens is 1. The zero-order valence-electron chi connectivity index (χ0n) is 7.00. The van der Waals surface area contributed by atoms with Crippen molar-refractivity contribution < 1.29 is 4.39 Å². The van der Waals surface area contributed by atoms with E-state index in [9.17, 15) is 4.39 Å². The maximum absolute atomic E-state index is 13.2. The normalized spacial score (nSPS) is 18.7. The number of nitrogens with zero attached hydrogens (tertiary/aromatic N) is 1. The summed E-state index contributed by atoms with van der Waals surface area (Å²) in [6.07, 6.45) is 3.44. The highest BCUT2D eigenvalue weighted by molar-refractivity contribution is 6.30. The summed E-state index contributed by atoms with van der Waals surface area (Å²) in [7, 11) is 0. The third-order valence-corrected chi connectivity index (χ3v) is 2.53. The molecule has 1 aliphatic carbocycles. The molecule has 0 aromatic carbocycles. The first kappa shape index (κ1) is 8.91. The van der Waals surface area contributed by atoms with E-state index in [0.29, 0.717) is 16.5 Å². The molecular weight excluding hydrogens is 191 g/mol. The van der Waals surface area contributed by atoms with Crippen LogP contribution < -0.4 is 5.73 Å².